The molecule has 10 heteroatoms. The van der Waals surface area contributed by atoms with Crippen molar-refractivity contribution in [1.82, 2.24) is 10.2 Å². The number of likely N-dealkylation sites (tertiary alicyclic amines) is 1. The fraction of sp³-hybridized carbons (Fsp3) is 0.481. The Bertz CT molecular complexity index is 1090. The molecule has 3 rings (SSSR count). The summed E-state index contributed by atoms with van der Waals surface area (Å²) in [5.74, 6) is -0.851. The maximum atomic E-state index is 13.8. The lowest BCUT2D eigenvalue weighted by molar-refractivity contribution is -0.120. The molecule has 1 aliphatic heterocycles. The molecule has 4 atom stereocenters. The smallest absolute Gasteiger partial charge is 0.410 e. The average molecular weight is 521 g/mol. The van der Waals surface area contributed by atoms with Crippen LogP contribution in [-0.4, -0.2) is 65.6 Å². The predicted octanol–water partition coefficient (Wildman–Crippen LogP) is 3.84. The second-order valence-corrected chi connectivity index (χ2v) is 10.1. The monoisotopic (exact) mass is 520 g/mol. The summed E-state index contributed by atoms with van der Waals surface area (Å²) in [6, 6.07) is 8.28. The van der Waals surface area contributed by atoms with Crippen LogP contribution in [0, 0.1) is 11.6 Å². The van der Waals surface area contributed by atoms with E-state index >= 15 is 0 Å². The third kappa shape index (κ3) is 8.04. The minimum atomic E-state index is -1.29. The van der Waals surface area contributed by atoms with Gasteiger partial charge in [0.05, 0.1) is 31.8 Å². The van der Waals surface area contributed by atoms with Gasteiger partial charge < -0.3 is 24.6 Å². The Hall–Kier alpha value is -3.40. The molecule has 4 unspecified atom stereocenters. The van der Waals surface area contributed by atoms with Crippen molar-refractivity contribution >= 4 is 12.0 Å². The molecule has 2 aromatic rings. The molecule has 2 N–H and O–H groups in total. The van der Waals surface area contributed by atoms with Crippen LogP contribution in [0.1, 0.15) is 39.7 Å². The van der Waals surface area contributed by atoms with E-state index in [1.807, 2.05) is 0 Å². The number of aliphatic hydroxyl groups excluding tert-OH is 1. The number of nitrogens with zero attached hydrogens (tertiary/aromatic N) is 1. The zero-order chi connectivity index (χ0) is 27.3. The Kier molecular flexibility index (Phi) is 8.96. The van der Waals surface area contributed by atoms with E-state index < -0.39 is 53.5 Å². The number of halogens is 2. The topological polar surface area (TPSA) is 97.3 Å². The molecule has 1 saturated heterocycles. The average Bonchev–Trinajstić information content (AvgIpc) is 3.20. The van der Waals surface area contributed by atoms with E-state index in [1.165, 1.54) is 18.9 Å². The van der Waals surface area contributed by atoms with Gasteiger partial charge in [-0.3, -0.25) is 9.69 Å². The van der Waals surface area contributed by atoms with E-state index in [2.05, 4.69) is 5.32 Å². The summed E-state index contributed by atoms with van der Waals surface area (Å²) in [4.78, 5) is 26.4. The normalized spacial score (nSPS) is 19.2. The van der Waals surface area contributed by atoms with Gasteiger partial charge >= 0.3 is 6.09 Å². The summed E-state index contributed by atoms with van der Waals surface area (Å²) in [7, 11) is 1.54. The lowest BCUT2D eigenvalue weighted by atomic mass is 9.94. The Morgan fingerprint density at radius 1 is 1.14 bits per heavy atom. The van der Waals surface area contributed by atoms with Gasteiger partial charge in [-0.2, -0.15) is 0 Å². The fourth-order valence-electron chi connectivity index (χ4n) is 4.40. The summed E-state index contributed by atoms with van der Waals surface area (Å²) in [6.45, 7) is 6.59. The number of hydrogen-bond acceptors (Lipinski definition) is 6. The number of ether oxygens (including phenoxy) is 3. The van der Waals surface area contributed by atoms with Gasteiger partial charge in [0, 0.05) is 25.5 Å². The Morgan fingerprint density at radius 2 is 1.78 bits per heavy atom. The molecule has 202 valence electrons. The van der Waals surface area contributed by atoms with Crippen LogP contribution in [0.3, 0.4) is 0 Å². The van der Waals surface area contributed by atoms with Crippen LogP contribution in [-0.2, 0) is 16.0 Å². The van der Waals surface area contributed by atoms with Crippen molar-refractivity contribution in [1.29, 1.82) is 0 Å². The number of nitrogens with one attached hydrogen (secondary N) is 1. The van der Waals surface area contributed by atoms with E-state index in [1.54, 1.807) is 45.0 Å². The molecule has 0 aliphatic carbocycles. The summed E-state index contributed by atoms with van der Waals surface area (Å²) in [6.07, 6.45) is -2.27. The van der Waals surface area contributed by atoms with E-state index in [9.17, 15) is 23.5 Å². The number of amides is 2. The maximum absolute atomic E-state index is 13.8. The summed E-state index contributed by atoms with van der Waals surface area (Å²) < 4.78 is 44.5. The maximum Gasteiger partial charge on any atom is 0.410 e. The molecule has 0 radical (unpaired) electrons. The van der Waals surface area contributed by atoms with Gasteiger partial charge in [0.2, 0.25) is 5.91 Å². The van der Waals surface area contributed by atoms with Gasteiger partial charge in [-0.05, 0) is 57.0 Å². The quantitative estimate of drug-likeness (QED) is 0.549. The lowest BCUT2D eigenvalue weighted by Gasteiger charge is -2.34. The van der Waals surface area contributed by atoms with Crippen LogP contribution in [0.4, 0.5) is 13.6 Å². The lowest BCUT2D eigenvalue weighted by Crippen LogP contribution is -2.54. The summed E-state index contributed by atoms with van der Waals surface area (Å²) in [5.41, 5.74) is -0.532. The number of benzene rings is 2. The summed E-state index contributed by atoms with van der Waals surface area (Å²) >= 11 is 0. The molecular weight excluding hydrogens is 486 g/mol. The highest BCUT2D eigenvalue weighted by atomic mass is 19.1. The zero-order valence-corrected chi connectivity index (χ0v) is 21.7. The van der Waals surface area contributed by atoms with Gasteiger partial charge in [0.1, 0.15) is 34.8 Å². The molecule has 0 spiro atoms. The van der Waals surface area contributed by atoms with E-state index in [0.717, 1.165) is 18.2 Å². The summed E-state index contributed by atoms with van der Waals surface area (Å²) in [5, 5.41) is 14.1. The van der Waals surface area contributed by atoms with Crippen LogP contribution in [0.5, 0.6) is 11.5 Å². The minimum absolute atomic E-state index is 0.0600. The molecule has 1 fully saturated rings. The van der Waals surface area contributed by atoms with Gasteiger partial charge in [-0.15, -0.1) is 0 Å². The van der Waals surface area contributed by atoms with Crippen molar-refractivity contribution in [2.75, 3.05) is 13.7 Å². The molecule has 0 bridgehead atoms. The molecule has 8 nitrogen and oxygen atoms in total. The Labute approximate surface area is 215 Å². The number of aliphatic hydroxyl groups is 1. The Balaban J connectivity index is 1.87. The second-order valence-electron chi connectivity index (χ2n) is 10.1. The standard InChI is InChI=1S/C27H34F2N2O6/c1-16(32)30-23(11-17-9-18(28)12-19(29)10-17)25(33)24-14-22(15-31(24)26(34)37-27(2,3)4)36-21-8-6-7-20(13-21)35-5/h6-10,12-13,22-25,33H,11,14-15H2,1-5H3,(H,30,32). The third-order valence-corrected chi connectivity index (χ3v) is 5.85. The van der Waals surface area contributed by atoms with Crippen molar-refractivity contribution in [2.45, 2.75) is 70.4 Å². The molecule has 2 amide bonds. The predicted molar refractivity (Wildman–Crippen MR) is 132 cm³/mol. The number of carbonyl (C=O) groups is 2. The number of rotatable bonds is 8. The first kappa shape index (κ1) is 28.2. The molecule has 1 heterocycles. The molecule has 1 aliphatic rings. The molecule has 0 saturated carbocycles. The van der Waals surface area contributed by atoms with E-state index in [-0.39, 0.29) is 24.9 Å². The van der Waals surface area contributed by atoms with Crippen LogP contribution in [0.2, 0.25) is 0 Å². The highest BCUT2D eigenvalue weighted by Gasteiger charge is 2.44. The molecule has 37 heavy (non-hydrogen) atoms. The minimum Gasteiger partial charge on any atom is -0.497 e. The first-order valence-electron chi connectivity index (χ1n) is 12.0. The van der Waals surface area contributed by atoms with Gasteiger partial charge in [-0.1, -0.05) is 6.07 Å². The number of hydrogen-bond donors (Lipinski definition) is 2. The second kappa shape index (κ2) is 11.8. The van der Waals surface area contributed by atoms with Crippen LogP contribution < -0.4 is 14.8 Å². The van der Waals surface area contributed by atoms with Crippen molar-refractivity contribution in [3.63, 3.8) is 0 Å². The van der Waals surface area contributed by atoms with Crippen LogP contribution in [0.15, 0.2) is 42.5 Å². The van der Waals surface area contributed by atoms with Crippen LogP contribution >= 0.6 is 0 Å². The fourth-order valence-corrected chi connectivity index (χ4v) is 4.40. The molecule has 0 aromatic heterocycles. The van der Waals surface area contributed by atoms with Crippen molar-refractivity contribution in [2.24, 2.45) is 0 Å². The van der Waals surface area contributed by atoms with Gasteiger partial charge in [-0.25, -0.2) is 13.6 Å². The number of methoxy groups -OCH3 is 1. The van der Waals surface area contributed by atoms with E-state index in [4.69, 9.17) is 14.2 Å². The highest BCUT2D eigenvalue weighted by Crippen LogP contribution is 2.30. The van der Waals surface area contributed by atoms with Gasteiger partial charge in [0.25, 0.3) is 0 Å². The SMILES string of the molecule is COc1cccc(OC2CC(C(O)C(Cc3cc(F)cc(F)c3)NC(C)=O)N(C(=O)OC(C)(C)C)C2)c1. The van der Waals surface area contributed by atoms with Crippen molar-refractivity contribution in [3.05, 3.63) is 59.7 Å². The zero-order valence-electron chi connectivity index (χ0n) is 21.7. The number of carbonyl (C=O) groups excluding carboxylic acids is 2. The Morgan fingerprint density at radius 3 is 2.38 bits per heavy atom. The highest BCUT2D eigenvalue weighted by molar-refractivity contribution is 5.73. The third-order valence-electron chi connectivity index (χ3n) is 5.85. The first-order valence-corrected chi connectivity index (χ1v) is 12.0. The van der Waals surface area contributed by atoms with Gasteiger partial charge in [0.15, 0.2) is 0 Å². The van der Waals surface area contributed by atoms with Crippen molar-refractivity contribution < 1.29 is 37.7 Å². The molecule has 2 aromatic carbocycles. The molecular formula is C27H34F2N2O6. The van der Waals surface area contributed by atoms with Crippen molar-refractivity contribution in [3.8, 4) is 11.5 Å². The first-order chi connectivity index (χ1) is 17.3. The largest absolute Gasteiger partial charge is 0.497 e. The van der Waals surface area contributed by atoms with E-state index in [0.29, 0.717) is 11.5 Å². The van der Waals surface area contributed by atoms with Crippen LogP contribution in [0.25, 0.3) is 0 Å².